The summed E-state index contributed by atoms with van der Waals surface area (Å²) in [6.07, 6.45) is 1.81. The molecule has 1 fully saturated rings. The van der Waals surface area contributed by atoms with E-state index in [1.165, 1.54) is 0 Å². The number of anilines is 1. The van der Waals surface area contributed by atoms with Gasteiger partial charge < -0.3 is 10.6 Å². The molecule has 21 heavy (non-hydrogen) atoms. The fourth-order valence-corrected chi connectivity index (χ4v) is 3.94. The number of nitrogens with zero attached hydrogens (tertiary/aromatic N) is 1. The van der Waals surface area contributed by atoms with E-state index in [1.54, 1.807) is 12.3 Å². The third-order valence-corrected chi connectivity index (χ3v) is 5.22. The van der Waals surface area contributed by atoms with Gasteiger partial charge in [-0.2, -0.15) is 5.10 Å². The number of benzene rings is 1. The van der Waals surface area contributed by atoms with Crippen molar-refractivity contribution >= 4 is 32.3 Å². The lowest BCUT2D eigenvalue weighted by molar-refractivity contribution is -0.116. The second-order valence-corrected chi connectivity index (χ2v) is 7.39. The van der Waals surface area contributed by atoms with Gasteiger partial charge in [0.15, 0.2) is 9.84 Å². The minimum absolute atomic E-state index is 0.00861. The summed E-state index contributed by atoms with van der Waals surface area (Å²) < 4.78 is 23.1. The van der Waals surface area contributed by atoms with Gasteiger partial charge in [0, 0.05) is 24.4 Å². The molecule has 8 heteroatoms. The number of carbonyl (C=O) groups excluding carboxylic acids is 1. The van der Waals surface area contributed by atoms with Gasteiger partial charge in [-0.25, -0.2) is 8.42 Å². The van der Waals surface area contributed by atoms with Crippen LogP contribution in [0.2, 0.25) is 0 Å². The van der Waals surface area contributed by atoms with Crippen LogP contribution in [-0.4, -0.2) is 48.6 Å². The van der Waals surface area contributed by atoms with Gasteiger partial charge in [0.05, 0.1) is 28.9 Å². The second kappa shape index (κ2) is 5.45. The molecule has 3 rings (SSSR count). The van der Waals surface area contributed by atoms with Gasteiger partial charge in [-0.3, -0.25) is 9.89 Å². The Balaban J connectivity index is 1.68. The minimum atomic E-state index is -3.03. The Labute approximate surface area is 122 Å². The molecule has 2 heterocycles. The van der Waals surface area contributed by atoms with Crippen molar-refractivity contribution in [3.05, 3.63) is 24.4 Å². The first-order valence-corrected chi connectivity index (χ1v) is 8.51. The predicted octanol–water partition coefficient (Wildman–Crippen LogP) is 0.278. The number of rotatable bonds is 3. The highest BCUT2D eigenvalue weighted by Crippen LogP contribution is 2.20. The van der Waals surface area contributed by atoms with Crippen molar-refractivity contribution in [1.82, 2.24) is 15.5 Å². The van der Waals surface area contributed by atoms with E-state index < -0.39 is 9.84 Å². The van der Waals surface area contributed by atoms with Crippen molar-refractivity contribution in [2.75, 3.05) is 23.4 Å². The van der Waals surface area contributed by atoms with E-state index >= 15 is 0 Å². The fourth-order valence-electron chi connectivity index (χ4n) is 2.50. The number of para-hydroxylation sites is 1. The molecule has 112 valence electrons. The van der Waals surface area contributed by atoms with Crippen molar-refractivity contribution in [3.8, 4) is 0 Å². The Bertz CT molecular complexity index is 769. The first kappa shape index (κ1) is 14.0. The smallest absolute Gasteiger partial charge is 0.226 e. The second-order valence-electron chi connectivity index (χ2n) is 5.16. The number of fused-ring (bicyclic) bond motifs is 1. The van der Waals surface area contributed by atoms with Crippen molar-refractivity contribution in [3.63, 3.8) is 0 Å². The van der Waals surface area contributed by atoms with Crippen LogP contribution in [0.4, 0.5) is 5.69 Å². The molecule has 0 saturated carbocycles. The van der Waals surface area contributed by atoms with E-state index in [2.05, 4.69) is 20.8 Å². The van der Waals surface area contributed by atoms with Gasteiger partial charge in [-0.1, -0.05) is 12.1 Å². The third kappa shape index (κ3) is 3.22. The molecule has 1 saturated heterocycles. The highest BCUT2D eigenvalue weighted by molar-refractivity contribution is 7.91. The lowest BCUT2D eigenvalue weighted by Crippen LogP contribution is -2.46. The predicted molar refractivity (Wildman–Crippen MR) is 79.8 cm³/mol. The number of aromatic amines is 1. The molecule has 1 amide bonds. The quantitative estimate of drug-likeness (QED) is 0.755. The standard InChI is InChI=1S/C13H16N4O3S/c18-12(6-10-8-21(19,20)5-4-14-10)16-11-3-1-2-9-7-15-17-13(9)11/h1-3,7,10,14H,4-6,8H2,(H,15,17)(H,16,18). The molecule has 1 unspecified atom stereocenters. The van der Waals surface area contributed by atoms with E-state index in [1.807, 2.05) is 12.1 Å². The monoisotopic (exact) mass is 308 g/mol. The summed E-state index contributed by atoms with van der Waals surface area (Å²) in [5, 5.41) is 13.5. The van der Waals surface area contributed by atoms with Gasteiger partial charge in [-0.05, 0) is 6.07 Å². The average Bonchev–Trinajstić information content (AvgIpc) is 2.86. The Hall–Kier alpha value is -1.93. The van der Waals surface area contributed by atoms with Gasteiger partial charge in [0.1, 0.15) is 0 Å². The highest BCUT2D eigenvalue weighted by atomic mass is 32.2. The summed E-state index contributed by atoms with van der Waals surface area (Å²) in [6.45, 7) is 0.399. The Kier molecular flexibility index (Phi) is 3.64. The molecule has 1 aliphatic heterocycles. The number of nitrogens with one attached hydrogen (secondary N) is 3. The Morgan fingerprint density at radius 2 is 2.29 bits per heavy atom. The number of sulfone groups is 1. The summed E-state index contributed by atoms with van der Waals surface area (Å²) in [7, 11) is -3.03. The number of amides is 1. The number of carbonyl (C=O) groups is 1. The molecule has 7 nitrogen and oxygen atoms in total. The lowest BCUT2D eigenvalue weighted by Gasteiger charge is -2.23. The summed E-state index contributed by atoms with van der Waals surface area (Å²) in [5.74, 6) is -0.0699. The zero-order chi connectivity index (χ0) is 14.9. The van der Waals surface area contributed by atoms with Crippen LogP contribution in [-0.2, 0) is 14.6 Å². The molecule has 0 aliphatic carbocycles. The molecular formula is C13H16N4O3S. The summed E-state index contributed by atoms with van der Waals surface area (Å²) in [4.78, 5) is 12.1. The molecule has 1 aromatic carbocycles. The van der Waals surface area contributed by atoms with Crippen molar-refractivity contribution in [2.24, 2.45) is 0 Å². The van der Waals surface area contributed by atoms with Crippen LogP contribution in [0.25, 0.3) is 10.9 Å². The van der Waals surface area contributed by atoms with E-state index in [4.69, 9.17) is 0 Å². The topological polar surface area (TPSA) is 104 Å². The van der Waals surface area contributed by atoms with Crippen molar-refractivity contribution in [1.29, 1.82) is 0 Å². The van der Waals surface area contributed by atoms with Crippen LogP contribution < -0.4 is 10.6 Å². The van der Waals surface area contributed by atoms with Crippen LogP contribution in [0.5, 0.6) is 0 Å². The van der Waals surface area contributed by atoms with Gasteiger partial charge in [-0.15, -0.1) is 0 Å². The molecule has 1 aromatic heterocycles. The third-order valence-electron chi connectivity index (χ3n) is 3.48. The minimum Gasteiger partial charge on any atom is -0.324 e. The average molecular weight is 308 g/mol. The van der Waals surface area contributed by atoms with Gasteiger partial charge in [0.25, 0.3) is 0 Å². The zero-order valence-corrected chi connectivity index (χ0v) is 12.1. The maximum atomic E-state index is 12.1. The summed E-state index contributed by atoms with van der Waals surface area (Å²) >= 11 is 0. The van der Waals surface area contributed by atoms with E-state index in [0.29, 0.717) is 12.2 Å². The van der Waals surface area contributed by atoms with E-state index in [0.717, 1.165) is 10.9 Å². The highest BCUT2D eigenvalue weighted by Gasteiger charge is 2.26. The van der Waals surface area contributed by atoms with Crippen LogP contribution in [0.3, 0.4) is 0 Å². The van der Waals surface area contributed by atoms with Gasteiger partial charge >= 0.3 is 0 Å². The lowest BCUT2D eigenvalue weighted by atomic mass is 10.2. The first-order chi connectivity index (χ1) is 10.0. The van der Waals surface area contributed by atoms with E-state index in [-0.39, 0.29) is 29.9 Å². The van der Waals surface area contributed by atoms with Crippen LogP contribution in [0.15, 0.2) is 24.4 Å². The Morgan fingerprint density at radius 3 is 3.10 bits per heavy atom. The SMILES string of the molecule is O=C(CC1CS(=O)(=O)CCN1)Nc1cccc2cn[nH]c12. The molecular weight excluding hydrogens is 292 g/mol. The summed E-state index contributed by atoms with van der Waals surface area (Å²) in [5.41, 5.74) is 1.41. The van der Waals surface area contributed by atoms with Gasteiger partial charge in [0.2, 0.25) is 5.91 Å². The molecule has 2 aromatic rings. The number of aromatic nitrogens is 2. The molecule has 3 N–H and O–H groups in total. The number of H-pyrrole nitrogens is 1. The Morgan fingerprint density at radius 1 is 1.43 bits per heavy atom. The van der Waals surface area contributed by atoms with Crippen LogP contribution in [0, 0.1) is 0 Å². The van der Waals surface area contributed by atoms with Crippen LogP contribution in [0.1, 0.15) is 6.42 Å². The normalized spacial score (nSPS) is 21.2. The van der Waals surface area contributed by atoms with Crippen LogP contribution >= 0.6 is 0 Å². The van der Waals surface area contributed by atoms with Crippen molar-refractivity contribution < 1.29 is 13.2 Å². The fraction of sp³-hybridized carbons (Fsp3) is 0.385. The largest absolute Gasteiger partial charge is 0.324 e. The maximum Gasteiger partial charge on any atom is 0.226 e. The molecule has 0 spiro atoms. The van der Waals surface area contributed by atoms with Crippen molar-refractivity contribution in [2.45, 2.75) is 12.5 Å². The number of hydrogen-bond acceptors (Lipinski definition) is 5. The van der Waals surface area contributed by atoms with E-state index in [9.17, 15) is 13.2 Å². The molecule has 0 radical (unpaired) electrons. The summed E-state index contributed by atoms with van der Waals surface area (Å²) in [6, 6.07) is 5.17. The molecule has 0 bridgehead atoms. The molecule has 1 atom stereocenters. The number of hydrogen-bond donors (Lipinski definition) is 3. The molecule has 1 aliphatic rings. The maximum absolute atomic E-state index is 12.1. The zero-order valence-electron chi connectivity index (χ0n) is 11.3. The first-order valence-electron chi connectivity index (χ1n) is 6.69.